The molecule has 1 amide bonds. The summed E-state index contributed by atoms with van der Waals surface area (Å²) in [5, 5.41) is 3.64. The van der Waals surface area contributed by atoms with E-state index in [4.69, 9.17) is 17.3 Å². The Balaban J connectivity index is 2.27. The SMILES string of the molecule is CSc1ccc(C(Nc2ccccc2Cl)C(N)=O)cc1. The smallest absolute Gasteiger partial charge is 0.244 e. The molecule has 0 bridgehead atoms. The first-order valence-electron chi connectivity index (χ1n) is 6.06. The molecule has 0 aliphatic heterocycles. The van der Waals surface area contributed by atoms with E-state index < -0.39 is 11.9 Å². The third-order valence-corrected chi connectivity index (χ3v) is 3.98. The fraction of sp³-hybridized carbons (Fsp3) is 0.133. The largest absolute Gasteiger partial charge is 0.369 e. The van der Waals surface area contributed by atoms with Crippen molar-refractivity contribution in [3.8, 4) is 0 Å². The van der Waals surface area contributed by atoms with E-state index in [1.54, 1.807) is 17.8 Å². The maximum atomic E-state index is 11.7. The van der Waals surface area contributed by atoms with E-state index in [9.17, 15) is 4.79 Å². The number of carbonyl (C=O) groups excluding carboxylic acids is 1. The molecule has 0 saturated heterocycles. The van der Waals surface area contributed by atoms with Crippen LogP contribution in [0.25, 0.3) is 0 Å². The maximum Gasteiger partial charge on any atom is 0.244 e. The molecular formula is C15H15ClN2OS. The van der Waals surface area contributed by atoms with Crippen LogP contribution in [-0.2, 0) is 4.79 Å². The van der Waals surface area contributed by atoms with Crippen LogP contribution in [0.15, 0.2) is 53.4 Å². The van der Waals surface area contributed by atoms with Crippen LogP contribution in [-0.4, -0.2) is 12.2 Å². The van der Waals surface area contributed by atoms with Gasteiger partial charge in [0.05, 0.1) is 10.7 Å². The molecule has 104 valence electrons. The standard InChI is InChI=1S/C15H15ClN2OS/c1-20-11-8-6-10(7-9-11)14(15(17)19)18-13-5-3-2-4-12(13)16/h2-9,14,18H,1H3,(H2,17,19). The highest BCUT2D eigenvalue weighted by atomic mass is 35.5. The number of nitrogens with one attached hydrogen (secondary N) is 1. The van der Waals surface area contributed by atoms with E-state index in [-0.39, 0.29) is 0 Å². The zero-order valence-electron chi connectivity index (χ0n) is 11.0. The van der Waals surface area contributed by atoms with E-state index in [2.05, 4.69) is 5.32 Å². The molecular weight excluding hydrogens is 292 g/mol. The molecule has 20 heavy (non-hydrogen) atoms. The van der Waals surface area contributed by atoms with Crippen molar-refractivity contribution in [1.29, 1.82) is 0 Å². The van der Waals surface area contributed by atoms with Gasteiger partial charge < -0.3 is 11.1 Å². The molecule has 0 aliphatic rings. The predicted octanol–water partition coefficient (Wildman–Crippen LogP) is 3.70. The topological polar surface area (TPSA) is 55.1 Å². The van der Waals surface area contributed by atoms with Gasteiger partial charge in [-0.15, -0.1) is 11.8 Å². The van der Waals surface area contributed by atoms with Crippen LogP contribution in [0.4, 0.5) is 5.69 Å². The van der Waals surface area contributed by atoms with Crippen LogP contribution in [0, 0.1) is 0 Å². The second-order valence-electron chi connectivity index (χ2n) is 4.23. The Kier molecular flexibility index (Phi) is 4.93. The molecule has 1 atom stereocenters. The van der Waals surface area contributed by atoms with Crippen LogP contribution < -0.4 is 11.1 Å². The number of benzene rings is 2. The average Bonchev–Trinajstić information content (AvgIpc) is 2.46. The van der Waals surface area contributed by atoms with Crippen molar-refractivity contribution in [3.05, 3.63) is 59.1 Å². The normalized spacial score (nSPS) is 11.9. The predicted molar refractivity (Wildman–Crippen MR) is 85.2 cm³/mol. The molecule has 0 heterocycles. The summed E-state index contributed by atoms with van der Waals surface area (Å²) in [6.07, 6.45) is 2.00. The molecule has 0 saturated carbocycles. The van der Waals surface area contributed by atoms with E-state index in [0.717, 1.165) is 10.5 Å². The van der Waals surface area contributed by atoms with E-state index in [0.29, 0.717) is 10.7 Å². The fourth-order valence-corrected chi connectivity index (χ4v) is 2.45. The van der Waals surface area contributed by atoms with Gasteiger partial charge in [-0.2, -0.15) is 0 Å². The van der Waals surface area contributed by atoms with Gasteiger partial charge in [0.15, 0.2) is 0 Å². The minimum absolute atomic E-state index is 0.443. The van der Waals surface area contributed by atoms with E-state index >= 15 is 0 Å². The highest BCUT2D eigenvalue weighted by Gasteiger charge is 2.18. The number of thioether (sulfide) groups is 1. The van der Waals surface area contributed by atoms with Gasteiger partial charge in [-0.05, 0) is 36.1 Å². The Bertz CT molecular complexity index is 601. The number of rotatable bonds is 5. The molecule has 0 radical (unpaired) electrons. The van der Waals surface area contributed by atoms with Crippen LogP contribution >= 0.6 is 23.4 Å². The van der Waals surface area contributed by atoms with Crippen LogP contribution in [0.5, 0.6) is 0 Å². The van der Waals surface area contributed by atoms with Gasteiger partial charge in [0.2, 0.25) is 5.91 Å². The van der Waals surface area contributed by atoms with Crippen LogP contribution in [0.1, 0.15) is 11.6 Å². The Morgan fingerprint density at radius 2 is 1.85 bits per heavy atom. The van der Waals surface area contributed by atoms with Crippen molar-refractivity contribution < 1.29 is 4.79 Å². The molecule has 2 aromatic carbocycles. The van der Waals surface area contributed by atoms with Gasteiger partial charge in [-0.3, -0.25) is 4.79 Å². The number of carbonyl (C=O) groups is 1. The lowest BCUT2D eigenvalue weighted by Crippen LogP contribution is -2.27. The Morgan fingerprint density at radius 3 is 2.40 bits per heavy atom. The average molecular weight is 307 g/mol. The Hall–Kier alpha value is -1.65. The summed E-state index contributed by atoms with van der Waals surface area (Å²) in [6.45, 7) is 0. The lowest BCUT2D eigenvalue weighted by Gasteiger charge is -2.18. The number of hydrogen-bond donors (Lipinski definition) is 2. The van der Waals surface area contributed by atoms with Gasteiger partial charge in [0.1, 0.15) is 6.04 Å². The summed E-state index contributed by atoms with van der Waals surface area (Å²) in [6, 6.07) is 14.4. The number of para-hydroxylation sites is 1. The summed E-state index contributed by atoms with van der Waals surface area (Å²) in [7, 11) is 0. The van der Waals surface area contributed by atoms with Crippen molar-refractivity contribution in [1.82, 2.24) is 0 Å². The van der Waals surface area contributed by atoms with Crippen LogP contribution in [0.2, 0.25) is 5.02 Å². The van der Waals surface area contributed by atoms with Gasteiger partial charge in [0.25, 0.3) is 0 Å². The van der Waals surface area contributed by atoms with Crippen molar-refractivity contribution >= 4 is 35.0 Å². The number of halogens is 1. The number of anilines is 1. The zero-order valence-corrected chi connectivity index (χ0v) is 12.5. The molecule has 0 aromatic heterocycles. The molecule has 3 nitrogen and oxygen atoms in total. The van der Waals surface area contributed by atoms with Gasteiger partial charge in [0, 0.05) is 4.90 Å². The summed E-state index contributed by atoms with van der Waals surface area (Å²) in [5.41, 5.74) is 6.99. The van der Waals surface area contributed by atoms with Crippen molar-refractivity contribution in [2.45, 2.75) is 10.9 Å². The molecule has 1 unspecified atom stereocenters. The monoisotopic (exact) mass is 306 g/mol. The molecule has 5 heteroatoms. The third-order valence-electron chi connectivity index (χ3n) is 2.91. The minimum atomic E-state index is -0.606. The Labute approximate surface area is 127 Å². The summed E-state index contributed by atoms with van der Waals surface area (Å²) in [4.78, 5) is 12.8. The maximum absolute atomic E-state index is 11.7. The highest BCUT2D eigenvalue weighted by molar-refractivity contribution is 7.98. The van der Waals surface area contributed by atoms with Gasteiger partial charge in [-0.25, -0.2) is 0 Å². The number of nitrogens with two attached hydrogens (primary N) is 1. The molecule has 0 fully saturated rings. The van der Waals surface area contributed by atoms with Crippen molar-refractivity contribution in [2.75, 3.05) is 11.6 Å². The third kappa shape index (κ3) is 3.46. The van der Waals surface area contributed by atoms with E-state index in [1.807, 2.05) is 48.7 Å². The first-order chi connectivity index (χ1) is 9.61. The number of hydrogen-bond acceptors (Lipinski definition) is 3. The molecule has 0 aliphatic carbocycles. The number of primary amides is 1. The first kappa shape index (κ1) is 14.8. The minimum Gasteiger partial charge on any atom is -0.369 e. The lowest BCUT2D eigenvalue weighted by molar-refractivity contribution is -0.118. The summed E-state index contributed by atoms with van der Waals surface area (Å²) < 4.78 is 0. The van der Waals surface area contributed by atoms with Gasteiger partial charge in [-0.1, -0.05) is 35.9 Å². The van der Waals surface area contributed by atoms with Crippen molar-refractivity contribution in [2.24, 2.45) is 5.73 Å². The summed E-state index contributed by atoms with van der Waals surface area (Å²) in [5.74, 6) is -0.443. The number of amides is 1. The fourth-order valence-electron chi connectivity index (χ4n) is 1.85. The second kappa shape index (κ2) is 6.68. The first-order valence-corrected chi connectivity index (χ1v) is 7.66. The van der Waals surface area contributed by atoms with Gasteiger partial charge >= 0.3 is 0 Å². The molecule has 3 N–H and O–H groups in total. The highest BCUT2D eigenvalue weighted by Crippen LogP contribution is 2.27. The summed E-state index contributed by atoms with van der Waals surface area (Å²) >= 11 is 7.74. The van der Waals surface area contributed by atoms with Crippen molar-refractivity contribution in [3.63, 3.8) is 0 Å². The second-order valence-corrected chi connectivity index (χ2v) is 5.52. The molecule has 0 spiro atoms. The van der Waals surface area contributed by atoms with Crippen LogP contribution in [0.3, 0.4) is 0 Å². The molecule has 2 aromatic rings. The lowest BCUT2D eigenvalue weighted by atomic mass is 10.1. The quantitative estimate of drug-likeness (QED) is 0.828. The zero-order chi connectivity index (χ0) is 14.5. The molecule has 2 rings (SSSR count). The van der Waals surface area contributed by atoms with E-state index in [1.165, 1.54) is 0 Å². The Morgan fingerprint density at radius 1 is 1.20 bits per heavy atom.